The molecule has 7 rings (SSSR count). The molecule has 12 nitrogen and oxygen atoms in total. The van der Waals surface area contributed by atoms with E-state index < -0.39 is 17.8 Å². The molecule has 274 valence electrons. The third-order valence-electron chi connectivity index (χ3n) is 9.25. The molecule has 2 atom stereocenters. The van der Waals surface area contributed by atoms with Crippen LogP contribution in [-0.4, -0.2) is 102 Å². The first-order valence-corrected chi connectivity index (χ1v) is 18.3. The van der Waals surface area contributed by atoms with Gasteiger partial charge in [-0.2, -0.15) is 9.49 Å². The molecule has 2 N–H and O–H groups in total. The lowest BCUT2D eigenvalue weighted by atomic mass is 9.91. The van der Waals surface area contributed by atoms with Gasteiger partial charge in [0, 0.05) is 57.0 Å². The second-order valence-electron chi connectivity index (χ2n) is 13.0. The van der Waals surface area contributed by atoms with Gasteiger partial charge in [-0.15, -0.1) is 11.3 Å². The monoisotopic (exact) mass is 758 g/mol. The van der Waals surface area contributed by atoms with Crippen molar-refractivity contribution in [3.8, 4) is 39.1 Å². The molecule has 1 fully saturated rings. The molecule has 0 aliphatic carbocycles. The summed E-state index contributed by atoms with van der Waals surface area (Å²) in [7, 11) is 3.61. The van der Waals surface area contributed by atoms with Crippen LogP contribution in [0, 0.1) is 12.9 Å². The topological polar surface area (TPSA) is 139 Å². The zero-order chi connectivity index (χ0) is 37.1. The first-order chi connectivity index (χ1) is 25.6. The molecule has 1 aliphatic rings. The van der Waals surface area contributed by atoms with E-state index in [1.165, 1.54) is 37.8 Å². The molecular formula is C37H37BClFN6O6S. The normalized spacial score (nSPS) is 15.6. The molecule has 6 aromatic rings. The van der Waals surface area contributed by atoms with E-state index in [-0.39, 0.29) is 18.1 Å². The van der Waals surface area contributed by atoms with Crippen molar-refractivity contribution in [3.05, 3.63) is 95.0 Å². The van der Waals surface area contributed by atoms with Crippen LogP contribution in [0.1, 0.15) is 16.8 Å². The third kappa shape index (κ3) is 7.94. The number of hydrogen-bond donors (Lipinski definition) is 2. The van der Waals surface area contributed by atoms with E-state index in [0.717, 1.165) is 32.7 Å². The van der Waals surface area contributed by atoms with Crippen molar-refractivity contribution in [1.29, 1.82) is 0 Å². The fraction of sp³-hybridized carbons (Fsp3) is 0.297. The van der Waals surface area contributed by atoms with Crippen LogP contribution in [0.3, 0.4) is 0 Å². The molecule has 16 heteroatoms. The Labute approximate surface area is 314 Å². The number of piperazine rings is 1. The Bertz CT molecular complexity index is 2210. The summed E-state index contributed by atoms with van der Waals surface area (Å²) >= 11 is 8.25. The van der Waals surface area contributed by atoms with Crippen LogP contribution in [-0.2, 0) is 16.9 Å². The van der Waals surface area contributed by atoms with Gasteiger partial charge in [0.25, 0.3) is 6.01 Å². The number of likely N-dealkylation sites (N-methyl/N-ethyl adjacent to an activating group) is 1. The average molecular weight is 759 g/mol. The lowest BCUT2D eigenvalue weighted by molar-refractivity contribution is -0.113. The summed E-state index contributed by atoms with van der Waals surface area (Å²) in [6, 6.07) is 14.4. The molecule has 0 bridgehead atoms. The minimum Gasteiger partial charge on any atom is -0.491 e. The number of H-pyrrole nitrogens is 1. The smallest absolute Gasteiger partial charge is 0.278 e. The summed E-state index contributed by atoms with van der Waals surface area (Å²) in [6.45, 7) is 7.16. The molecule has 2 aromatic carbocycles. The lowest BCUT2D eigenvalue weighted by Gasteiger charge is -2.32. The number of aromatic amines is 1. The van der Waals surface area contributed by atoms with Gasteiger partial charge in [0.15, 0.2) is 12.4 Å². The highest BCUT2D eigenvalue weighted by atomic mass is 35.5. The van der Waals surface area contributed by atoms with Gasteiger partial charge in [0.2, 0.25) is 19.4 Å². The van der Waals surface area contributed by atoms with Gasteiger partial charge in [0.05, 0.1) is 21.0 Å². The number of fused-ring (bicyclic) bond motifs is 1. The molecule has 0 saturated carbocycles. The van der Waals surface area contributed by atoms with Crippen LogP contribution in [0.2, 0.25) is 5.02 Å². The fourth-order valence-electron chi connectivity index (χ4n) is 6.29. The number of halogens is 2. The van der Waals surface area contributed by atoms with E-state index >= 15 is 0 Å². The zero-order valence-corrected chi connectivity index (χ0v) is 30.9. The van der Waals surface area contributed by atoms with Crippen LogP contribution < -0.4 is 14.2 Å². The Morgan fingerprint density at radius 2 is 1.94 bits per heavy atom. The fourth-order valence-corrected chi connectivity index (χ4v) is 7.62. The van der Waals surface area contributed by atoms with Gasteiger partial charge in [-0.3, -0.25) is 14.8 Å². The molecule has 1 saturated heterocycles. The summed E-state index contributed by atoms with van der Waals surface area (Å²) in [5.41, 5.74) is 1.29. The van der Waals surface area contributed by atoms with E-state index in [9.17, 15) is 14.3 Å². The van der Waals surface area contributed by atoms with Crippen LogP contribution in [0.5, 0.6) is 17.4 Å². The van der Waals surface area contributed by atoms with Gasteiger partial charge in [-0.1, -0.05) is 35.9 Å². The SMILES string of the molecule is BC(O)(Oc1ccccc1CC(C=O)Oc1ncnc2sc(-c3ccc(F)o3)c(-c3ccc(OCCN4CCN(C)CC4)c(Cl)c3C)c12)c1ccn[nH]1. The van der Waals surface area contributed by atoms with Crippen LogP contribution in [0.4, 0.5) is 4.39 Å². The molecule has 1 aliphatic heterocycles. The number of carbonyl (C=O) groups is 1. The summed E-state index contributed by atoms with van der Waals surface area (Å²) < 4.78 is 38.2. The molecule has 5 heterocycles. The number of rotatable bonds is 14. The highest BCUT2D eigenvalue weighted by molar-refractivity contribution is 7.22. The Kier molecular flexibility index (Phi) is 10.8. The maximum atomic E-state index is 14.3. The predicted octanol–water partition coefficient (Wildman–Crippen LogP) is 5.07. The van der Waals surface area contributed by atoms with Crippen molar-refractivity contribution >= 4 is 47.3 Å². The number of aldehydes is 1. The molecule has 0 radical (unpaired) electrons. The van der Waals surface area contributed by atoms with Crippen LogP contribution >= 0.6 is 22.9 Å². The summed E-state index contributed by atoms with van der Waals surface area (Å²) in [5, 5.41) is 18.6. The molecule has 53 heavy (non-hydrogen) atoms. The van der Waals surface area contributed by atoms with Gasteiger partial charge >= 0.3 is 0 Å². The predicted molar refractivity (Wildman–Crippen MR) is 202 cm³/mol. The number of nitrogens with one attached hydrogen (secondary N) is 1. The maximum Gasteiger partial charge on any atom is 0.278 e. The van der Waals surface area contributed by atoms with Gasteiger partial charge in [0.1, 0.15) is 35.0 Å². The van der Waals surface area contributed by atoms with Crippen molar-refractivity contribution < 1.29 is 32.9 Å². The van der Waals surface area contributed by atoms with Crippen molar-refractivity contribution in [3.63, 3.8) is 0 Å². The molecule has 0 amide bonds. The number of aromatic nitrogens is 4. The minimum atomic E-state index is -1.72. The minimum absolute atomic E-state index is 0.0883. The second kappa shape index (κ2) is 15.7. The molecule has 0 spiro atoms. The number of carbonyl (C=O) groups excluding carboxylic acids is 1. The standard InChI is InChI=1S/C37H37BClFN6O6S/c1-22-25(7-8-27(33(22)39)49-18-17-46-15-13-45(2)14-16-46)31-32-35(41-21-42-36(32)53-34(31)28-9-10-30(40)51-28)50-24(20-47)19-23-5-3-4-6-26(23)52-37(38,48)29-11-12-43-44-29/h3-12,20-21,24,48H,13-19,38H2,1-2H3,(H,43,44). The van der Waals surface area contributed by atoms with E-state index in [2.05, 4.69) is 37.0 Å². The van der Waals surface area contributed by atoms with Gasteiger partial charge in [-0.25, -0.2) is 9.97 Å². The van der Waals surface area contributed by atoms with E-state index in [0.29, 0.717) is 72.5 Å². The van der Waals surface area contributed by atoms with Crippen molar-refractivity contribution in [2.24, 2.45) is 0 Å². The van der Waals surface area contributed by atoms with Crippen molar-refractivity contribution in [2.45, 2.75) is 25.1 Å². The molecule has 2 unspecified atom stereocenters. The number of ether oxygens (including phenoxy) is 3. The zero-order valence-electron chi connectivity index (χ0n) is 29.3. The maximum absolute atomic E-state index is 14.3. The van der Waals surface area contributed by atoms with Crippen molar-refractivity contribution in [2.75, 3.05) is 46.4 Å². The van der Waals surface area contributed by atoms with Gasteiger partial charge in [-0.05, 0) is 54.9 Å². The number of benzene rings is 2. The lowest BCUT2D eigenvalue weighted by Crippen LogP contribution is -2.45. The number of aliphatic hydroxyl groups is 1. The largest absolute Gasteiger partial charge is 0.491 e. The first kappa shape index (κ1) is 36.6. The Morgan fingerprint density at radius 3 is 2.68 bits per heavy atom. The Morgan fingerprint density at radius 1 is 1.13 bits per heavy atom. The number of thiophene rings is 1. The van der Waals surface area contributed by atoms with E-state index in [1.807, 2.05) is 19.1 Å². The summed E-state index contributed by atoms with van der Waals surface area (Å²) in [6.07, 6.45) is 2.61. The van der Waals surface area contributed by atoms with Crippen molar-refractivity contribution in [1.82, 2.24) is 30.0 Å². The third-order valence-corrected chi connectivity index (χ3v) is 10.8. The summed E-state index contributed by atoms with van der Waals surface area (Å²) in [4.78, 5) is 27.4. The quantitative estimate of drug-likeness (QED) is 0.0875. The van der Waals surface area contributed by atoms with Crippen LogP contribution in [0.15, 0.2) is 71.5 Å². The second-order valence-corrected chi connectivity index (χ2v) is 14.3. The number of nitrogens with zero attached hydrogens (tertiary/aromatic N) is 5. The summed E-state index contributed by atoms with van der Waals surface area (Å²) in [5.74, 6) is 1.33. The number of hydrogen-bond acceptors (Lipinski definition) is 12. The highest BCUT2D eigenvalue weighted by Crippen LogP contribution is 2.49. The van der Waals surface area contributed by atoms with Crippen LogP contribution in [0.25, 0.3) is 32.0 Å². The molecular weight excluding hydrogens is 722 g/mol. The Hall–Kier alpha value is -4.80. The number of para-hydroxylation sites is 1. The number of furan rings is 1. The van der Waals surface area contributed by atoms with Gasteiger partial charge < -0.3 is 28.6 Å². The Balaban J connectivity index is 1.21. The van der Waals surface area contributed by atoms with E-state index in [4.69, 9.17) is 30.2 Å². The molecule has 4 aromatic heterocycles. The average Bonchev–Trinajstić information content (AvgIpc) is 3.93. The van der Waals surface area contributed by atoms with E-state index in [1.54, 1.807) is 36.4 Å². The highest BCUT2D eigenvalue weighted by Gasteiger charge is 2.30. The first-order valence-electron chi connectivity index (χ1n) is 17.1.